The van der Waals surface area contributed by atoms with Gasteiger partial charge in [-0.3, -0.25) is 0 Å². The average Bonchev–Trinajstić information content (AvgIpc) is 2.68. The number of nitrogens with one attached hydrogen (secondary N) is 1. The van der Waals surface area contributed by atoms with Crippen LogP contribution in [0.2, 0.25) is 5.02 Å². The Labute approximate surface area is 166 Å². The number of nitrogens with zero attached hydrogens (tertiary/aromatic N) is 2. The standard InChI is InChI=1S/C22H26ClN3O/c23-19-8-4-9-20(16-19)25-12-14-26(15-13-25)21(27)24-17-22(10-5-11-22)18-6-2-1-3-7-18/h1-4,6-9,16H,5,10-15,17H2,(H,24,27). The van der Waals surface area contributed by atoms with Crippen LogP contribution in [0.4, 0.5) is 10.5 Å². The van der Waals surface area contributed by atoms with E-state index in [9.17, 15) is 4.79 Å². The van der Waals surface area contributed by atoms with Crippen molar-refractivity contribution < 1.29 is 4.79 Å². The van der Waals surface area contributed by atoms with Crippen LogP contribution in [0.15, 0.2) is 54.6 Å². The Hall–Kier alpha value is -2.20. The fourth-order valence-corrected chi connectivity index (χ4v) is 4.34. The van der Waals surface area contributed by atoms with Crippen molar-refractivity contribution in [3.8, 4) is 0 Å². The zero-order chi connectivity index (χ0) is 18.7. The van der Waals surface area contributed by atoms with Crippen LogP contribution in [-0.2, 0) is 5.41 Å². The third-order valence-electron chi connectivity index (χ3n) is 6.02. The number of urea groups is 1. The van der Waals surface area contributed by atoms with Crippen LogP contribution in [0.1, 0.15) is 24.8 Å². The minimum Gasteiger partial charge on any atom is -0.368 e. The van der Waals surface area contributed by atoms with E-state index >= 15 is 0 Å². The number of anilines is 1. The summed E-state index contributed by atoms with van der Waals surface area (Å²) < 4.78 is 0. The SMILES string of the molecule is O=C(NCC1(c2ccccc2)CCC1)N1CCN(c2cccc(Cl)c2)CC1. The fourth-order valence-electron chi connectivity index (χ4n) is 4.16. The van der Waals surface area contributed by atoms with Crippen molar-refractivity contribution in [3.63, 3.8) is 0 Å². The van der Waals surface area contributed by atoms with E-state index in [1.807, 2.05) is 29.2 Å². The molecule has 0 aromatic heterocycles. The molecular weight excluding hydrogens is 358 g/mol. The largest absolute Gasteiger partial charge is 0.368 e. The molecule has 5 heteroatoms. The molecule has 1 heterocycles. The van der Waals surface area contributed by atoms with Crippen LogP contribution in [0, 0.1) is 0 Å². The van der Waals surface area contributed by atoms with Gasteiger partial charge in [-0.15, -0.1) is 0 Å². The quantitative estimate of drug-likeness (QED) is 0.854. The molecule has 2 aromatic rings. The Kier molecular flexibility index (Phi) is 5.26. The van der Waals surface area contributed by atoms with Gasteiger partial charge in [0, 0.05) is 48.8 Å². The zero-order valence-corrected chi connectivity index (χ0v) is 16.3. The normalized spacial score (nSPS) is 18.7. The highest BCUT2D eigenvalue weighted by atomic mass is 35.5. The Morgan fingerprint density at radius 3 is 2.37 bits per heavy atom. The molecule has 4 rings (SSSR count). The first kappa shape index (κ1) is 18.2. The van der Waals surface area contributed by atoms with Gasteiger partial charge in [0.2, 0.25) is 0 Å². The Bertz CT molecular complexity index is 783. The highest BCUT2D eigenvalue weighted by Crippen LogP contribution is 2.43. The van der Waals surface area contributed by atoms with Gasteiger partial charge in [0.25, 0.3) is 0 Å². The Morgan fingerprint density at radius 1 is 1.00 bits per heavy atom. The van der Waals surface area contributed by atoms with Crippen molar-refractivity contribution in [1.29, 1.82) is 0 Å². The lowest BCUT2D eigenvalue weighted by atomic mass is 9.64. The first-order valence-electron chi connectivity index (χ1n) is 9.75. The third kappa shape index (κ3) is 3.91. The summed E-state index contributed by atoms with van der Waals surface area (Å²) in [6.07, 6.45) is 3.54. The zero-order valence-electron chi connectivity index (χ0n) is 15.5. The summed E-state index contributed by atoms with van der Waals surface area (Å²) in [7, 11) is 0. The van der Waals surface area contributed by atoms with E-state index in [0.29, 0.717) is 0 Å². The van der Waals surface area contributed by atoms with Gasteiger partial charge in [0.05, 0.1) is 0 Å². The molecule has 1 N–H and O–H groups in total. The molecule has 1 saturated carbocycles. The van der Waals surface area contributed by atoms with Gasteiger partial charge < -0.3 is 15.1 Å². The summed E-state index contributed by atoms with van der Waals surface area (Å²) in [4.78, 5) is 16.9. The topological polar surface area (TPSA) is 35.6 Å². The molecule has 142 valence electrons. The van der Waals surface area contributed by atoms with Crippen molar-refractivity contribution in [2.24, 2.45) is 0 Å². The van der Waals surface area contributed by atoms with E-state index in [1.165, 1.54) is 12.0 Å². The van der Waals surface area contributed by atoms with E-state index in [0.717, 1.165) is 56.3 Å². The van der Waals surface area contributed by atoms with E-state index in [1.54, 1.807) is 0 Å². The maximum absolute atomic E-state index is 12.7. The van der Waals surface area contributed by atoms with Crippen molar-refractivity contribution in [2.75, 3.05) is 37.6 Å². The molecule has 4 nitrogen and oxygen atoms in total. The van der Waals surface area contributed by atoms with Crippen molar-refractivity contribution in [2.45, 2.75) is 24.7 Å². The van der Waals surface area contributed by atoms with E-state index in [-0.39, 0.29) is 11.4 Å². The van der Waals surface area contributed by atoms with Crippen molar-refractivity contribution in [3.05, 3.63) is 65.2 Å². The van der Waals surface area contributed by atoms with Crippen LogP contribution in [-0.4, -0.2) is 43.7 Å². The number of carbonyl (C=O) groups is 1. The number of hydrogen-bond acceptors (Lipinski definition) is 2. The predicted octanol–water partition coefficient (Wildman–Crippen LogP) is 4.29. The molecule has 0 unspecified atom stereocenters. The maximum atomic E-state index is 12.7. The summed E-state index contributed by atoms with van der Waals surface area (Å²) in [6, 6.07) is 18.6. The first-order chi connectivity index (χ1) is 13.2. The Balaban J connectivity index is 1.31. The number of carbonyl (C=O) groups excluding carboxylic acids is 1. The number of benzene rings is 2. The molecule has 0 radical (unpaired) electrons. The predicted molar refractivity (Wildman–Crippen MR) is 111 cm³/mol. The van der Waals surface area contributed by atoms with Crippen LogP contribution >= 0.6 is 11.6 Å². The summed E-state index contributed by atoms with van der Waals surface area (Å²) >= 11 is 6.10. The average molecular weight is 384 g/mol. The van der Waals surface area contributed by atoms with Gasteiger partial charge in [-0.25, -0.2) is 4.79 Å². The fraction of sp³-hybridized carbons (Fsp3) is 0.409. The highest BCUT2D eigenvalue weighted by Gasteiger charge is 2.39. The number of amides is 2. The molecule has 0 atom stereocenters. The van der Waals surface area contributed by atoms with Crippen LogP contribution in [0.5, 0.6) is 0 Å². The Morgan fingerprint density at radius 2 is 1.74 bits per heavy atom. The van der Waals surface area contributed by atoms with Gasteiger partial charge in [-0.1, -0.05) is 54.4 Å². The summed E-state index contributed by atoms with van der Waals surface area (Å²) in [5, 5.41) is 3.95. The molecule has 2 aromatic carbocycles. The molecule has 27 heavy (non-hydrogen) atoms. The molecule has 0 bridgehead atoms. The van der Waals surface area contributed by atoms with Gasteiger partial charge in [-0.05, 0) is 36.6 Å². The van der Waals surface area contributed by atoms with Crippen molar-refractivity contribution in [1.82, 2.24) is 10.2 Å². The van der Waals surface area contributed by atoms with Gasteiger partial charge >= 0.3 is 6.03 Å². The van der Waals surface area contributed by atoms with E-state index in [4.69, 9.17) is 11.6 Å². The second-order valence-electron chi connectivity index (χ2n) is 7.61. The van der Waals surface area contributed by atoms with E-state index < -0.39 is 0 Å². The van der Waals surface area contributed by atoms with Gasteiger partial charge in [-0.2, -0.15) is 0 Å². The molecule has 2 amide bonds. The number of hydrogen-bond donors (Lipinski definition) is 1. The minimum absolute atomic E-state index is 0.0583. The number of rotatable bonds is 4. The highest BCUT2D eigenvalue weighted by molar-refractivity contribution is 6.30. The minimum atomic E-state index is 0.0583. The van der Waals surface area contributed by atoms with Gasteiger partial charge in [0.15, 0.2) is 0 Å². The molecule has 1 aliphatic heterocycles. The van der Waals surface area contributed by atoms with E-state index in [2.05, 4.69) is 40.5 Å². The van der Waals surface area contributed by atoms with Crippen LogP contribution < -0.4 is 10.2 Å². The summed E-state index contributed by atoms with van der Waals surface area (Å²) in [5.74, 6) is 0. The maximum Gasteiger partial charge on any atom is 0.317 e. The molecule has 2 fully saturated rings. The second-order valence-corrected chi connectivity index (χ2v) is 8.05. The van der Waals surface area contributed by atoms with Crippen LogP contribution in [0.25, 0.3) is 0 Å². The second kappa shape index (κ2) is 7.81. The third-order valence-corrected chi connectivity index (χ3v) is 6.25. The molecule has 0 spiro atoms. The lowest BCUT2D eigenvalue weighted by Gasteiger charge is -2.43. The summed E-state index contributed by atoms with van der Waals surface area (Å²) in [6.45, 7) is 3.85. The van der Waals surface area contributed by atoms with Gasteiger partial charge in [0.1, 0.15) is 0 Å². The molecular formula is C22H26ClN3O. The van der Waals surface area contributed by atoms with Crippen LogP contribution in [0.3, 0.4) is 0 Å². The summed E-state index contributed by atoms with van der Waals surface area (Å²) in [5.41, 5.74) is 2.60. The molecule has 1 saturated heterocycles. The smallest absolute Gasteiger partial charge is 0.317 e. The molecule has 1 aliphatic carbocycles. The molecule has 2 aliphatic rings. The van der Waals surface area contributed by atoms with Crippen molar-refractivity contribution >= 4 is 23.3 Å². The number of halogens is 1. The first-order valence-corrected chi connectivity index (χ1v) is 10.1. The lowest BCUT2D eigenvalue weighted by molar-refractivity contribution is 0.180. The number of piperazine rings is 1. The monoisotopic (exact) mass is 383 g/mol. The lowest BCUT2D eigenvalue weighted by Crippen LogP contribution is -2.54.